The van der Waals surface area contributed by atoms with E-state index in [2.05, 4.69) is 0 Å². The van der Waals surface area contributed by atoms with E-state index in [9.17, 15) is 18.3 Å². The molecule has 0 spiro atoms. The normalized spacial score (nSPS) is 14.1. The molecule has 0 saturated carbocycles. The molecular weight excluding hydrogens is 312 g/mol. The lowest BCUT2D eigenvalue weighted by Gasteiger charge is -2.20. The molecule has 2 rings (SSSR count). The van der Waals surface area contributed by atoms with Crippen LogP contribution >= 0.6 is 0 Å². The Morgan fingerprint density at radius 1 is 1.00 bits per heavy atom. The summed E-state index contributed by atoms with van der Waals surface area (Å²) in [4.78, 5) is 11.6. The molecule has 122 valence electrons. The number of carboxylic acid groups (broad SMARTS) is 1. The minimum atomic E-state index is -3.51. The first kappa shape index (κ1) is 17.2. The summed E-state index contributed by atoms with van der Waals surface area (Å²) in [6.45, 7) is 1.76. The van der Waals surface area contributed by atoms with Crippen LogP contribution in [0.1, 0.15) is 24.0 Å². The highest BCUT2D eigenvalue weighted by molar-refractivity contribution is 7.90. The molecule has 2 aromatic carbocycles. The topological polar surface area (TPSA) is 71.4 Å². The molecule has 0 heterocycles. The fourth-order valence-corrected chi connectivity index (χ4v) is 4.38. The molecule has 0 amide bonds. The lowest BCUT2D eigenvalue weighted by molar-refractivity contribution is -0.141. The molecular formula is C18H20O4S. The quantitative estimate of drug-likeness (QED) is 0.845. The summed E-state index contributed by atoms with van der Waals surface area (Å²) in [7, 11) is -3.51. The van der Waals surface area contributed by atoms with E-state index in [4.69, 9.17) is 0 Å². The van der Waals surface area contributed by atoms with Crippen molar-refractivity contribution in [1.82, 2.24) is 0 Å². The van der Waals surface area contributed by atoms with Crippen LogP contribution in [-0.4, -0.2) is 25.2 Å². The summed E-state index contributed by atoms with van der Waals surface area (Å²) in [6, 6.07) is 18.0. The van der Waals surface area contributed by atoms with Crippen molar-refractivity contribution in [2.75, 3.05) is 5.75 Å². The maximum atomic E-state index is 12.4. The molecule has 0 bridgehead atoms. The number of sulfone groups is 1. The maximum Gasteiger partial charge on any atom is 0.308 e. The Balaban J connectivity index is 2.17. The summed E-state index contributed by atoms with van der Waals surface area (Å²) >= 11 is 0. The summed E-state index contributed by atoms with van der Waals surface area (Å²) in [5.41, 5.74) is 1.50. The van der Waals surface area contributed by atoms with Crippen molar-refractivity contribution in [3.05, 3.63) is 71.8 Å². The second-order valence-electron chi connectivity index (χ2n) is 5.68. The van der Waals surface area contributed by atoms with Crippen molar-refractivity contribution in [1.29, 1.82) is 0 Å². The van der Waals surface area contributed by atoms with E-state index in [1.54, 1.807) is 31.2 Å². The molecule has 0 unspecified atom stereocenters. The van der Waals surface area contributed by atoms with Crippen LogP contribution in [0.15, 0.2) is 60.7 Å². The summed E-state index contributed by atoms with van der Waals surface area (Å²) in [6.07, 6.45) is 0. The first-order chi connectivity index (χ1) is 10.9. The van der Waals surface area contributed by atoms with Crippen molar-refractivity contribution >= 4 is 15.8 Å². The van der Waals surface area contributed by atoms with Crippen LogP contribution in [0, 0.1) is 5.92 Å². The fraction of sp³-hybridized carbons (Fsp3) is 0.278. The first-order valence-corrected chi connectivity index (χ1v) is 9.23. The minimum Gasteiger partial charge on any atom is -0.481 e. The van der Waals surface area contributed by atoms with Gasteiger partial charge in [0.2, 0.25) is 0 Å². The number of carboxylic acids is 1. The van der Waals surface area contributed by atoms with Gasteiger partial charge in [0.05, 0.1) is 17.4 Å². The van der Waals surface area contributed by atoms with Crippen LogP contribution in [0.25, 0.3) is 0 Å². The SMILES string of the molecule is C[C@@H](c1ccccc1)[C@@H](CS(=O)(=O)Cc1ccccc1)C(=O)O. The molecule has 2 atom stereocenters. The number of aliphatic carboxylic acids is 1. The van der Waals surface area contributed by atoms with Gasteiger partial charge in [-0.25, -0.2) is 8.42 Å². The summed E-state index contributed by atoms with van der Waals surface area (Å²) < 4.78 is 24.8. The highest BCUT2D eigenvalue weighted by atomic mass is 32.2. The molecule has 5 heteroatoms. The van der Waals surface area contributed by atoms with Crippen molar-refractivity contribution in [3.8, 4) is 0 Å². The second kappa shape index (κ2) is 7.42. The van der Waals surface area contributed by atoms with Crippen molar-refractivity contribution in [2.45, 2.75) is 18.6 Å². The molecule has 0 aliphatic rings. The molecule has 0 aliphatic carbocycles. The highest BCUT2D eigenvalue weighted by Crippen LogP contribution is 2.26. The van der Waals surface area contributed by atoms with Crippen LogP contribution < -0.4 is 0 Å². The third kappa shape index (κ3) is 4.93. The van der Waals surface area contributed by atoms with E-state index in [1.807, 2.05) is 36.4 Å². The van der Waals surface area contributed by atoms with Gasteiger partial charge in [0.25, 0.3) is 0 Å². The number of benzene rings is 2. The van der Waals surface area contributed by atoms with E-state index in [0.717, 1.165) is 5.56 Å². The second-order valence-corrected chi connectivity index (χ2v) is 7.79. The maximum absolute atomic E-state index is 12.4. The van der Waals surface area contributed by atoms with Crippen LogP contribution in [0.4, 0.5) is 0 Å². The first-order valence-electron chi connectivity index (χ1n) is 7.41. The monoisotopic (exact) mass is 332 g/mol. The van der Waals surface area contributed by atoms with E-state index in [-0.39, 0.29) is 17.4 Å². The lowest BCUT2D eigenvalue weighted by Crippen LogP contribution is -2.29. The third-order valence-corrected chi connectivity index (χ3v) is 5.55. The standard InChI is InChI=1S/C18H20O4S/c1-14(16-10-6-3-7-11-16)17(18(19)20)13-23(21,22)12-15-8-4-2-5-9-15/h2-11,14,17H,12-13H2,1H3,(H,19,20)/t14-,17+/m0/s1. The van der Waals surface area contributed by atoms with Gasteiger partial charge in [-0.3, -0.25) is 4.79 Å². The van der Waals surface area contributed by atoms with Gasteiger partial charge < -0.3 is 5.11 Å². The van der Waals surface area contributed by atoms with Gasteiger partial charge in [-0.15, -0.1) is 0 Å². The Morgan fingerprint density at radius 3 is 2.04 bits per heavy atom. The Hall–Kier alpha value is -2.14. The molecule has 0 fully saturated rings. The predicted octanol–water partition coefficient (Wildman–Crippen LogP) is 3.11. The van der Waals surface area contributed by atoms with Gasteiger partial charge in [0.1, 0.15) is 0 Å². The Kier molecular flexibility index (Phi) is 5.55. The van der Waals surface area contributed by atoms with Crippen molar-refractivity contribution in [2.24, 2.45) is 5.92 Å². The number of hydrogen-bond acceptors (Lipinski definition) is 3. The number of carbonyl (C=O) groups is 1. The average molecular weight is 332 g/mol. The zero-order valence-electron chi connectivity index (χ0n) is 12.9. The van der Waals surface area contributed by atoms with E-state index in [1.165, 1.54) is 0 Å². The smallest absolute Gasteiger partial charge is 0.308 e. The molecule has 1 N–H and O–H groups in total. The molecule has 4 nitrogen and oxygen atoms in total. The van der Waals surface area contributed by atoms with Gasteiger partial charge in [-0.2, -0.15) is 0 Å². The summed E-state index contributed by atoms with van der Waals surface area (Å²) in [5.74, 6) is -2.93. The van der Waals surface area contributed by atoms with Gasteiger partial charge in [-0.1, -0.05) is 67.6 Å². The van der Waals surface area contributed by atoms with Gasteiger partial charge in [0.15, 0.2) is 9.84 Å². The van der Waals surface area contributed by atoms with Crippen LogP contribution in [0.5, 0.6) is 0 Å². The van der Waals surface area contributed by atoms with E-state index < -0.39 is 21.7 Å². The summed E-state index contributed by atoms with van der Waals surface area (Å²) in [5, 5.41) is 9.47. The third-order valence-electron chi connectivity index (χ3n) is 3.91. The largest absolute Gasteiger partial charge is 0.481 e. The molecule has 0 aromatic heterocycles. The van der Waals surface area contributed by atoms with E-state index >= 15 is 0 Å². The van der Waals surface area contributed by atoms with Gasteiger partial charge in [-0.05, 0) is 17.0 Å². The Labute approximate surface area is 136 Å². The molecule has 0 radical (unpaired) electrons. The lowest BCUT2D eigenvalue weighted by atomic mass is 9.89. The highest BCUT2D eigenvalue weighted by Gasteiger charge is 2.31. The molecule has 0 aliphatic heterocycles. The number of rotatable bonds is 7. The van der Waals surface area contributed by atoms with Crippen LogP contribution in [0.2, 0.25) is 0 Å². The van der Waals surface area contributed by atoms with Crippen molar-refractivity contribution in [3.63, 3.8) is 0 Å². The van der Waals surface area contributed by atoms with Crippen LogP contribution in [0.3, 0.4) is 0 Å². The molecule has 23 heavy (non-hydrogen) atoms. The van der Waals surface area contributed by atoms with Gasteiger partial charge >= 0.3 is 5.97 Å². The predicted molar refractivity (Wildman–Crippen MR) is 89.9 cm³/mol. The van der Waals surface area contributed by atoms with Crippen molar-refractivity contribution < 1.29 is 18.3 Å². The Bertz CT molecular complexity index is 739. The Morgan fingerprint density at radius 2 is 1.52 bits per heavy atom. The molecule has 2 aromatic rings. The van der Waals surface area contributed by atoms with Crippen LogP contribution in [-0.2, 0) is 20.4 Å². The zero-order valence-corrected chi connectivity index (χ0v) is 13.7. The average Bonchev–Trinajstić information content (AvgIpc) is 2.53. The number of hydrogen-bond donors (Lipinski definition) is 1. The van der Waals surface area contributed by atoms with Gasteiger partial charge in [0, 0.05) is 0 Å². The molecule has 0 saturated heterocycles. The van der Waals surface area contributed by atoms with E-state index in [0.29, 0.717) is 5.56 Å². The fourth-order valence-electron chi connectivity index (χ4n) is 2.58. The minimum absolute atomic E-state index is 0.140. The zero-order chi connectivity index (χ0) is 16.9.